The van der Waals surface area contributed by atoms with E-state index in [4.69, 9.17) is 5.73 Å². The lowest BCUT2D eigenvalue weighted by molar-refractivity contribution is -0.138. The maximum absolute atomic E-state index is 13.0. The van der Waals surface area contributed by atoms with Gasteiger partial charge in [-0.2, -0.15) is 13.2 Å². The highest BCUT2D eigenvalue weighted by atomic mass is 19.4. The van der Waals surface area contributed by atoms with Crippen LogP contribution in [0.1, 0.15) is 23.9 Å². The number of benzene rings is 1. The highest BCUT2D eigenvalue weighted by Crippen LogP contribution is 2.33. The minimum atomic E-state index is -4.41. The van der Waals surface area contributed by atoms with Gasteiger partial charge in [-0.05, 0) is 17.7 Å². The lowest BCUT2D eigenvalue weighted by atomic mass is 10.1. The van der Waals surface area contributed by atoms with Crippen molar-refractivity contribution in [2.24, 2.45) is 5.73 Å². The molecule has 0 saturated heterocycles. The van der Waals surface area contributed by atoms with Crippen LogP contribution in [-0.4, -0.2) is 9.55 Å². The van der Waals surface area contributed by atoms with Crippen LogP contribution in [-0.2, 0) is 19.1 Å². The van der Waals surface area contributed by atoms with Crippen LogP contribution in [0.5, 0.6) is 0 Å². The van der Waals surface area contributed by atoms with E-state index in [0.717, 1.165) is 6.07 Å². The van der Waals surface area contributed by atoms with E-state index in [-0.39, 0.29) is 12.1 Å². The number of aromatic nitrogens is 2. The number of nitrogens with two attached hydrogens (primary N) is 1. The molecule has 0 aliphatic heterocycles. The standard InChI is InChI=1S/C13H14F3N3/c1-2-12-18-5-6-19(12)10-4-3-9(8-17)11(7-10)13(14,15)16/h3-7H,2,8,17H2,1H3. The van der Waals surface area contributed by atoms with Crippen LogP contribution in [0.4, 0.5) is 13.2 Å². The van der Waals surface area contributed by atoms with Crippen molar-refractivity contribution in [3.63, 3.8) is 0 Å². The molecular formula is C13H14F3N3. The third-order valence-electron chi connectivity index (χ3n) is 2.93. The number of hydrogen-bond acceptors (Lipinski definition) is 2. The first-order valence-corrected chi connectivity index (χ1v) is 5.90. The molecule has 0 unspecified atom stereocenters. The first kappa shape index (κ1) is 13.6. The van der Waals surface area contributed by atoms with Gasteiger partial charge >= 0.3 is 6.18 Å². The Morgan fingerprint density at radius 2 is 2.05 bits per heavy atom. The molecule has 0 saturated carbocycles. The number of alkyl halides is 3. The number of halogens is 3. The summed E-state index contributed by atoms with van der Waals surface area (Å²) in [6.07, 6.45) is -0.538. The first-order valence-electron chi connectivity index (χ1n) is 5.90. The van der Waals surface area contributed by atoms with Crippen LogP contribution in [0.25, 0.3) is 5.69 Å². The fourth-order valence-electron chi connectivity index (χ4n) is 1.99. The van der Waals surface area contributed by atoms with Gasteiger partial charge in [-0.1, -0.05) is 13.0 Å². The topological polar surface area (TPSA) is 43.8 Å². The Balaban J connectivity index is 2.55. The van der Waals surface area contributed by atoms with Gasteiger partial charge in [-0.25, -0.2) is 4.98 Å². The van der Waals surface area contributed by atoms with Crippen molar-refractivity contribution in [3.05, 3.63) is 47.5 Å². The quantitative estimate of drug-likeness (QED) is 0.931. The molecule has 0 amide bonds. The number of rotatable bonds is 3. The van der Waals surface area contributed by atoms with Crippen molar-refractivity contribution in [2.75, 3.05) is 0 Å². The van der Waals surface area contributed by atoms with E-state index in [1.165, 1.54) is 6.07 Å². The summed E-state index contributed by atoms with van der Waals surface area (Å²) in [5.74, 6) is 0.716. The monoisotopic (exact) mass is 269 g/mol. The van der Waals surface area contributed by atoms with Gasteiger partial charge < -0.3 is 10.3 Å². The largest absolute Gasteiger partial charge is 0.416 e. The molecule has 1 aromatic carbocycles. The van der Waals surface area contributed by atoms with Crippen molar-refractivity contribution in [1.29, 1.82) is 0 Å². The molecule has 0 spiro atoms. The molecule has 102 valence electrons. The summed E-state index contributed by atoms with van der Waals surface area (Å²) in [6.45, 7) is 1.76. The second-order valence-corrected chi connectivity index (χ2v) is 4.11. The predicted molar refractivity (Wildman–Crippen MR) is 65.8 cm³/mol. The van der Waals surface area contributed by atoms with Gasteiger partial charge in [0.15, 0.2) is 0 Å². The Morgan fingerprint density at radius 3 is 2.63 bits per heavy atom. The molecule has 1 heterocycles. The molecule has 6 heteroatoms. The average molecular weight is 269 g/mol. The Bertz CT molecular complexity index is 573. The van der Waals surface area contributed by atoms with Crippen molar-refractivity contribution in [2.45, 2.75) is 26.1 Å². The molecular weight excluding hydrogens is 255 g/mol. The number of hydrogen-bond donors (Lipinski definition) is 1. The molecule has 0 aliphatic carbocycles. The lowest BCUT2D eigenvalue weighted by Crippen LogP contribution is -2.13. The zero-order valence-corrected chi connectivity index (χ0v) is 10.4. The van der Waals surface area contributed by atoms with E-state index in [1.54, 1.807) is 23.0 Å². The van der Waals surface area contributed by atoms with Gasteiger partial charge in [0.25, 0.3) is 0 Å². The lowest BCUT2D eigenvalue weighted by Gasteiger charge is -2.14. The van der Waals surface area contributed by atoms with Crippen LogP contribution in [0.3, 0.4) is 0 Å². The van der Waals surface area contributed by atoms with Crippen LogP contribution in [0.2, 0.25) is 0 Å². The van der Waals surface area contributed by atoms with Crippen LogP contribution in [0, 0.1) is 0 Å². The minimum Gasteiger partial charge on any atom is -0.326 e. The summed E-state index contributed by atoms with van der Waals surface area (Å²) < 4.78 is 40.5. The molecule has 0 aliphatic rings. The van der Waals surface area contributed by atoms with Gasteiger partial charge in [-0.15, -0.1) is 0 Å². The fourth-order valence-corrected chi connectivity index (χ4v) is 1.99. The molecule has 0 bridgehead atoms. The van der Waals surface area contributed by atoms with E-state index in [9.17, 15) is 13.2 Å². The van der Waals surface area contributed by atoms with E-state index in [1.807, 2.05) is 6.92 Å². The van der Waals surface area contributed by atoms with Crippen LogP contribution < -0.4 is 5.73 Å². The second kappa shape index (κ2) is 5.05. The second-order valence-electron chi connectivity index (χ2n) is 4.11. The maximum Gasteiger partial charge on any atom is 0.416 e. The van der Waals surface area contributed by atoms with Gasteiger partial charge in [0.1, 0.15) is 5.82 Å². The molecule has 2 N–H and O–H groups in total. The van der Waals surface area contributed by atoms with Gasteiger partial charge in [0, 0.05) is 31.0 Å². The average Bonchev–Trinajstić information content (AvgIpc) is 2.85. The first-order chi connectivity index (χ1) is 8.97. The molecule has 0 fully saturated rings. The summed E-state index contributed by atoms with van der Waals surface area (Å²) in [7, 11) is 0. The van der Waals surface area contributed by atoms with Gasteiger partial charge in [-0.3, -0.25) is 0 Å². The molecule has 0 atom stereocenters. The third kappa shape index (κ3) is 2.63. The SMILES string of the molecule is CCc1nccn1-c1ccc(CN)c(C(F)(F)F)c1. The van der Waals surface area contributed by atoms with Gasteiger partial charge in [0.2, 0.25) is 0 Å². The van der Waals surface area contributed by atoms with Crippen molar-refractivity contribution < 1.29 is 13.2 Å². The molecule has 1 aromatic heterocycles. The van der Waals surface area contributed by atoms with E-state index in [2.05, 4.69) is 4.98 Å². The van der Waals surface area contributed by atoms with Crippen molar-refractivity contribution >= 4 is 0 Å². The molecule has 0 radical (unpaired) electrons. The number of nitrogens with zero attached hydrogens (tertiary/aromatic N) is 2. The van der Waals surface area contributed by atoms with Crippen LogP contribution >= 0.6 is 0 Å². The summed E-state index contributed by atoms with van der Waals surface area (Å²) in [5.41, 5.74) is 5.20. The maximum atomic E-state index is 13.0. The number of imidazole rings is 1. The number of aryl methyl sites for hydroxylation is 1. The third-order valence-corrected chi connectivity index (χ3v) is 2.93. The smallest absolute Gasteiger partial charge is 0.326 e. The predicted octanol–water partition coefficient (Wildman–Crippen LogP) is 2.91. The molecule has 19 heavy (non-hydrogen) atoms. The van der Waals surface area contributed by atoms with Gasteiger partial charge in [0.05, 0.1) is 5.56 Å². The van der Waals surface area contributed by atoms with E-state index < -0.39 is 11.7 Å². The zero-order chi connectivity index (χ0) is 14.0. The normalized spacial score (nSPS) is 11.8. The summed E-state index contributed by atoms with van der Waals surface area (Å²) in [6, 6.07) is 4.15. The fraction of sp³-hybridized carbons (Fsp3) is 0.308. The molecule has 2 aromatic rings. The summed E-state index contributed by atoms with van der Waals surface area (Å²) in [5, 5.41) is 0. The molecule has 2 rings (SSSR count). The summed E-state index contributed by atoms with van der Waals surface area (Å²) in [4.78, 5) is 4.10. The Morgan fingerprint density at radius 1 is 1.32 bits per heavy atom. The molecule has 3 nitrogen and oxygen atoms in total. The summed E-state index contributed by atoms with van der Waals surface area (Å²) >= 11 is 0. The highest BCUT2D eigenvalue weighted by Gasteiger charge is 2.33. The minimum absolute atomic E-state index is 0.0920. The van der Waals surface area contributed by atoms with E-state index >= 15 is 0 Å². The highest BCUT2D eigenvalue weighted by molar-refractivity contribution is 5.43. The van der Waals surface area contributed by atoms with Crippen molar-refractivity contribution in [1.82, 2.24) is 9.55 Å². The zero-order valence-electron chi connectivity index (χ0n) is 10.4. The van der Waals surface area contributed by atoms with E-state index in [0.29, 0.717) is 17.9 Å². The Labute approximate surface area is 108 Å². The Kier molecular flexibility index (Phi) is 3.61. The Hall–Kier alpha value is -1.82. The van der Waals surface area contributed by atoms with Crippen molar-refractivity contribution in [3.8, 4) is 5.69 Å². The van der Waals surface area contributed by atoms with Crippen LogP contribution in [0.15, 0.2) is 30.6 Å².